The van der Waals surface area contributed by atoms with Crippen molar-refractivity contribution in [2.24, 2.45) is 0 Å². The number of carbonyl (C=O) groups is 1. The third-order valence-corrected chi connectivity index (χ3v) is 6.00. The topological polar surface area (TPSA) is 65.4 Å². The number of amides is 1. The van der Waals surface area contributed by atoms with Gasteiger partial charge in [-0.25, -0.2) is 4.98 Å². The Kier molecular flexibility index (Phi) is 5.75. The van der Waals surface area contributed by atoms with Crippen LogP contribution in [0.3, 0.4) is 0 Å². The van der Waals surface area contributed by atoms with E-state index in [2.05, 4.69) is 5.32 Å². The Morgan fingerprint density at radius 1 is 1.03 bits per heavy atom. The second-order valence-electron chi connectivity index (χ2n) is 7.03. The number of nitrogens with zero attached hydrogens (tertiary/aromatic N) is 2. The van der Waals surface area contributed by atoms with Crippen molar-refractivity contribution in [3.05, 3.63) is 84.0 Å². The van der Waals surface area contributed by atoms with Crippen LogP contribution in [0.2, 0.25) is 5.02 Å². The summed E-state index contributed by atoms with van der Waals surface area (Å²) in [5.74, 6) is 1.50. The fraction of sp³-hybridized carbons (Fsp3) is 0.0833. The van der Waals surface area contributed by atoms with Gasteiger partial charge in [0.2, 0.25) is 12.7 Å². The summed E-state index contributed by atoms with van der Waals surface area (Å²) >= 11 is 7.36. The van der Waals surface area contributed by atoms with E-state index in [9.17, 15) is 4.79 Å². The molecule has 0 fully saturated rings. The van der Waals surface area contributed by atoms with Crippen molar-refractivity contribution in [2.45, 2.75) is 5.16 Å². The first-order chi connectivity index (χ1) is 15.7. The summed E-state index contributed by atoms with van der Waals surface area (Å²) in [6.07, 6.45) is 1.96. The zero-order valence-electron chi connectivity index (χ0n) is 16.8. The minimum Gasteiger partial charge on any atom is -0.454 e. The van der Waals surface area contributed by atoms with Crippen LogP contribution in [0.4, 0.5) is 5.69 Å². The van der Waals surface area contributed by atoms with Crippen molar-refractivity contribution in [1.82, 2.24) is 9.55 Å². The normalized spacial score (nSPS) is 12.0. The van der Waals surface area contributed by atoms with Gasteiger partial charge in [-0.1, -0.05) is 47.6 Å². The summed E-state index contributed by atoms with van der Waals surface area (Å²) in [5, 5.41) is 4.15. The molecule has 0 bridgehead atoms. The third-order valence-electron chi connectivity index (χ3n) is 4.82. The van der Waals surface area contributed by atoms with Crippen molar-refractivity contribution in [2.75, 3.05) is 17.9 Å². The Balaban J connectivity index is 1.40. The quantitative estimate of drug-likeness (QED) is 0.374. The fourth-order valence-corrected chi connectivity index (χ4v) is 4.31. The number of benzene rings is 3. The van der Waals surface area contributed by atoms with E-state index < -0.39 is 0 Å². The summed E-state index contributed by atoms with van der Waals surface area (Å²) in [4.78, 5) is 17.3. The van der Waals surface area contributed by atoms with E-state index in [0.29, 0.717) is 21.6 Å². The number of hydrogen-bond donors (Lipinski definition) is 1. The number of ether oxygens (including phenoxy) is 2. The Labute approximate surface area is 194 Å². The van der Waals surface area contributed by atoms with Crippen LogP contribution in [0.15, 0.2) is 84.1 Å². The molecule has 1 aliphatic rings. The summed E-state index contributed by atoms with van der Waals surface area (Å²) in [5.41, 5.74) is 3.32. The highest BCUT2D eigenvalue weighted by molar-refractivity contribution is 7.99. The van der Waals surface area contributed by atoms with E-state index in [-0.39, 0.29) is 18.5 Å². The van der Waals surface area contributed by atoms with Crippen molar-refractivity contribution in [3.8, 4) is 28.4 Å². The number of thioether (sulfide) groups is 1. The molecular formula is C24H18ClN3O3S. The lowest BCUT2D eigenvalue weighted by Gasteiger charge is -2.08. The molecule has 0 aliphatic carbocycles. The molecule has 0 spiro atoms. The first kappa shape index (κ1) is 20.5. The van der Waals surface area contributed by atoms with Gasteiger partial charge < -0.3 is 14.8 Å². The molecular weight excluding hydrogens is 446 g/mol. The Morgan fingerprint density at radius 2 is 1.88 bits per heavy atom. The van der Waals surface area contributed by atoms with Gasteiger partial charge in [0.05, 0.1) is 11.4 Å². The molecule has 1 aliphatic heterocycles. The van der Waals surface area contributed by atoms with E-state index in [1.54, 1.807) is 24.3 Å². The number of imidazole rings is 1. The maximum Gasteiger partial charge on any atom is 0.234 e. The molecule has 160 valence electrons. The first-order valence-electron chi connectivity index (χ1n) is 9.89. The lowest BCUT2D eigenvalue weighted by molar-refractivity contribution is -0.113. The summed E-state index contributed by atoms with van der Waals surface area (Å²) in [6.45, 7) is 0.222. The predicted molar refractivity (Wildman–Crippen MR) is 126 cm³/mol. The standard InChI is InChI=1S/C24H18ClN3O3S/c25-17-5-4-6-18(12-17)26-23(29)14-32-24-27-20(13-28(24)19-7-2-1-3-8-19)16-9-10-21-22(11-16)31-15-30-21/h1-13H,14-15H2,(H,26,29). The van der Waals surface area contributed by atoms with Gasteiger partial charge in [-0.05, 0) is 48.5 Å². The molecule has 1 amide bonds. The number of para-hydroxylation sites is 1. The molecule has 0 saturated heterocycles. The second-order valence-corrected chi connectivity index (χ2v) is 8.41. The van der Waals surface area contributed by atoms with Crippen LogP contribution in [0, 0.1) is 0 Å². The van der Waals surface area contributed by atoms with Gasteiger partial charge in [0.25, 0.3) is 0 Å². The lowest BCUT2D eigenvalue weighted by Crippen LogP contribution is -2.14. The first-order valence-corrected chi connectivity index (χ1v) is 11.3. The van der Waals surface area contributed by atoms with Gasteiger partial charge >= 0.3 is 0 Å². The maximum absolute atomic E-state index is 12.5. The average Bonchev–Trinajstić information content (AvgIpc) is 3.45. The Hall–Kier alpha value is -3.42. The van der Waals surface area contributed by atoms with Crippen LogP contribution in [-0.2, 0) is 4.79 Å². The van der Waals surface area contributed by atoms with Gasteiger partial charge in [0.1, 0.15) is 0 Å². The highest BCUT2D eigenvalue weighted by atomic mass is 35.5. The number of aromatic nitrogens is 2. The van der Waals surface area contributed by atoms with Crippen molar-refractivity contribution >= 4 is 35.0 Å². The zero-order valence-corrected chi connectivity index (χ0v) is 18.4. The highest BCUT2D eigenvalue weighted by Gasteiger charge is 2.18. The number of nitrogens with one attached hydrogen (secondary N) is 1. The minimum absolute atomic E-state index is 0.135. The van der Waals surface area contributed by atoms with E-state index in [4.69, 9.17) is 26.1 Å². The summed E-state index contributed by atoms with van der Waals surface area (Å²) < 4.78 is 12.9. The molecule has 6 nitrogen and oxygen atoms in total. The molecule has 0 radical (unpaired) electrons. The van der Waals surface area contributed by atoms with Gasteiger partial charge in [-0.2, -0.15) is 0 Å². The number of hydrogen-bond acceptors (Lipinski definition) is 5. The van der Waals surface area contributed by atoms with Crippen molar-refractivity contribution < 1.29 is 14.3 Å². The molecule has 3 aromatic carbocycles. The maximum atomic E-state index is 12.5. The van der Waals surface area contributed by atoms with E-state index in [1.165, 1.54) is 11.8 Å². The zero-order chi connectivity index (χ0) is 21.9. The number of rotatable bonds is 6. The molecule has 2 heterocycles. The molecule has 8 heteroatoms. The molecule has 32 heavy (non-hydrogen) atoms. The van der Waals surface area contributed by atoms with Crippen molar-refractivity contribution in [3.63, 3.8) is 0 Å². The molecule has 4 aromatic rings. The Morgan fingerprint density at radius 3 is 2.72 bits per heavy atom. The van der Waals surface area contributed by atoms with Gasteiger partial charge in [-0.15, -0.1) is 0 Å². The van der Waals surface area contributed by atoms with Crippen LogP contribution < -0.4 is 14.8 Å². The van der Waals surface area contributed by atoms with Crippen LogP contribution >= 0.6 is 23.4 Å². The highest BCUT2D eigenvalue weighted by Crippen LogP contribution is 2.36. The van der Waals surface area contributed by atoms with Crippen LogP contribution in [0.1, 0.15) is 0 Å². The number of fused-ring (bicyclic) bond motifs is 1. The van der Waals surface area contributed by atoms with Gasteiger partial charge in [0, 0.05) is 28.2 Å². The SMILES string of the molecule is O=C(CSc1nc(-c2ccc3c(c2)OCO3)cn1-c1ccccc1)Nc1cccc(Cl)c1. The third kappa shape index (κ3) is 4.44. The van der Waals surface area contributed by atoms with E-state index in [1.807, 2.05) is 59.3 Å². The van der Waals surface area contributed by atoms with Crippen LogP contribution in [0.5, 0.6) is 11.5 Å². The summed E-state index contributed by atoms with van der Waals surface area (Å²) in [6, 6.07) is 22.7. The average molecular weight is 464 g/mol. The number of anilines is 1. The second kappa shape index (κ2) is 8.98. The van der Waals surface area contributed by atoms with Gasteiger partial charge in [-0.3, -0.25) is 9.36 Å². The minimum atomic E-state index is -0.135. The largest absolute Gasteiger partial charge is 0.454 e. The van der Waals surface area contributed by atoms with Gasteiger partial charge in [0.15, 0.2) is 16.7 Å². The lowest BCUT2D eigenvalue weighted by atomic mass is 10.1. The fourth-order valence-electron chi connectivity index (χ4n) is 3.33. The number of carbonyl (C=O) groups excluding carboxylic acids is 1. The van der Waals surface area contributed by atoms with E-state index in [0.717, 1.165) is 22.7 Å². The smallest absolute Gasteiger partial charge is 0.234 e. The molecule has 0 saturated carbocycles. The van der Waals surface area contributed by atoms with Crippen molar-refractivity contribution in [1.29, 1.82) is 0 Å². The molecule has 1 N–H and O–H groups in total. The summed E-state index contributed by atoms with van der Waals surface area (Å²) in [7, 11) is 0. The molecule has 1 aromatic heterocycles. The predicted octanol–water partition coefficient (Wildman–Crippen LogP) is 5.65. The monoisotopic (exact) mass is 463 g/mol. The van der Waals surface area contributed by atoms with Crippen LogP contribution in [0.25, 0.3) is 16.9 Å². The van der Waals surface area contributed by atoms with Crippen LogP contribution in [-0.4, -0.2) is 28.0 Å². The molecule has 5 rings (SSSR count). The Bertz CT molecular complexity index is 1280. The number of halogens is 1. The molecule has 0 unspecified atom stereocenters. The molecule has 0 atom stereocenters. The van der Waals surface area contributed by atoms with E-state index >= 15 is 0 Å².